The van der Waals surface area contributed by atoms with Gasteiger partial charge in [0.2, 0.25) is 11.8 Å². The quantitative estimate of drug-likeness (QED) is 0.861. The van der Waals surface area contributed by atoms with Crippen molar-refractivity contribution in [1.29, 1.82) is 0 Å². The number of hydrogen-bond donors (Lipinski definition) is 1. The third-order valence-electron chi connectivity index (χ3n) is 5.48. The number of ether oxygens (including phenoxy) is 1. The molecule has 4 rings (SSSR count). The van der Waals surface area contributed by atoms with Crippen LogP contribution in [-0.2, 0) is 9.59 Å². The van der Waals surface area contributed by atoms with E-state index in [0.29, 0.717) is 24.1 Å². The van der Waals surface area contributed by atoms with Crippen molar-refractivity contribution in [3.8, 4) is 5.75 Å². The highest BCUT2D eigenvalue weighted by Gasteiger charge is 2.53. The lowest BCUT2D eigenvalue weighted by molar-refractivity contribution is -0.120. The number of halogens is 1. The van der Waals surface area contributed by atoms with Crippen LogP contribution in [0, 0.1) is 5.82 Å². The summed E-state index contributed by atoms with van der Waals surface area (Å²) >= 11 is 0. The first-order chi connectivity index (χ1) is 13.8. The minimum atomic E-state index is -0.926. The molecule has 0 spiro atoms. The minimum Gasteiger partial charge on any atom is -0.494 e. The van der Waals surface area contributed by atoms with Gasteiger partial charge in [-0.2, -0.15) is 0 Å². The molecule has 150 valence electrons. The fourth-order valence-corrected chi connectivity index (χ4v) is 4.03. The number of methoxy groups -OCH3 is 1. The normalized spacial score (nSPS) is 20.4. The molecule has 2 aliphatic heterocycles. The van der Waals surface area contributed by atoms with E-state index in [1.165, 1.54) is 24.1 Å². The van der Waals surface area contributed by atoms with Crippen molar-refractivity contribution in [3.63, 3.8) is 0 Å². The molecule has 1 unspecified atom stereocenters. The van der Waals surface area contributed by atoms with Crippen LogP contribution in [0.1, 0.15) is 30.1 Å². The van der Waals surface area contributed by atoms with Crippen molar-refractivity contribution in [2.24, 2.45) is 0 Å². The summed E-state index contributed by atoms with van der Waals surface area (Å²) in [6.07, 6.45) is 0.719. The first kappa shape index (κ1) is 18.9. The van der Waals surface area contributed by atoms with Crippen LogP contribution in [0.3, 0.4) is 0 Å². The van der Waals surface area contributed by atoms with Gasteiger partial charge in [-0.05, 0) is 37.6 Å². The molecule has 2 aromatic carbocycles. The van der Waals surface area contributed by atoms with E-state index in [1.807, 2.05) is 0 Å². The topological polar surface area (TPSA) is 79.0 Å². The number of para-hydroxylation sites is 1. The van der Waals surface area contributed by atoms with Crippen LogP contribution in [0.2, 0.25) is 0 Å². The molecule has 1 N–H and O–H groups in total. The van der Waals surface area contributed by atoms with Gasteiger partial charge >= 0.3 is 0 Å². The second-order valence-corrected chi connectivity index (χ2v) is 7.25. The van der Waals surface area contributed by atoms with Gasteiger partial charge in [-0.1, -0.05) is 12.1 Å². The predicted molar refractivity (Wildman–Crippen MR) is 104 cm³/mol. The van der Waals surface area contributed by atoms with Crippen molar-refractivity contribution in [3.05, 3.63) is 53.8 Å². The van der Waals surface area contributed by atoms with E-state index < -0.39 is 17.4 Å². The van der Waals surface area contributed by atoms with Crippen molar-refractivity contribution in [2.75, 3.05) is 23.9 Å². The summed E-state index contributed by atoms with van der Waals surface area (Å²) in [7, 11) is 1.35. The first-order valence-corrected chi connectivity index (χ1v) is 9.22. The van der Waals surface area contributed by atoms with E-state index in [9.17, 15) is 18.8 Å². The van der Waals surface area contributed by atoms with E-state index >= 15 is 0 Å². The van der Waals surface area contributed by atoms with Crippen molar-refractivity contribution < 1.29 is 23.5 Å². The molecular weight excluding hydrogens is 377 g/mol. The minimum absolute atomic E-state index is 0.0680. The predicted octanol–water partition coefficient (Wildman–Crippen LogP) is 2.77. The number of hydrogen-bond acceptors (Lipinski definition) is 4. The van der Waals surface area contributed by atoms with Crippen LogP contribution < -0.4 is 15.0 Å². The molecule has 3 amide bonds. The number of fused-ring (bicyclic) bond motifs is 3. The van der Waals surface area contributed by atoms with Crippen LogP contribution in [0.15, 0.2) is 42.5 Å². The van der Waals surface area contributed by atoms with Crippen LogP contribution in [0.5, 0.6) is 5.75 Å². The van der Waals surface area contributed by atoms with Crippen LogP contribution in [0.25, 0.3) is 0 Å². The Bertz CT molecular complexity index is 1020. The fourth-order valence-electron chi connectivity index (χ4n) is 4.03. The van der Waals surface area contributed by atoms with Crippen molar-refractivity contribution in [1.82, 2.24) is 4.90 Å². The molecule has 0 radical (unpaired) electrons. The maximum atomic E-state index is 13.9. The molecular formula is C21H20FN3O4. The van der Waals surface area contributed by atoms with Gasteiger partial charge in [-0.15, -0.1) is 0 Å². The maximum absolute atomic E-state index is 13.9. The number of amides is 3. The van der Waals surface area contributed by atoms with Crippen molar-refractivity contribution in [2.45, 2.75) is 25.4 Å². The number of benzene rings is 2. The third-order valence-corrected chi connectivity index (χ3v) is 5.48. The SMILES string of the molecule is COc1ccc(NC(=O)CN2C(=O)c3ccccc3N3C(=O)CCC23C)cc1F. The Kier molecular flexibility index (Phi) is 4.49. The largest absolute Gasteiger partial charge is 0.494 e. The van der Waals surface area contributed by atoms with Gasteiger partial charge in [0.25, 0.3) is 5.91 Å². The van der Waals surface area contributed by atoms with Gasteiger partial charge in [0.15, 0.2) is 11.6 Å². The molecule has 2 heterocycles. The summed E-state index contributed by atoms with van der Waals surface area (Å²) < 4.78 is 18.7. The summed E-state index contributed by atoms with van der Waals surface area (Å²) in [5, 5.41) is 2.60. The average molecular weight is 397 g/mol. The third kappa shape index (κ3) is 3.00. The zero-order valence-corrected chi connectivity index (χ0v) is 16.1. The lowest BCUT2D eigenvalue weighted by atomic mass is 9.98. The van der Waals surface area contributed by atoms with Gasteiger partial charge in [-0.25, -0.2) is 4.39 Å². The Morgan fingerprint density at radius 2 is 2.00 bits per heavy atom. The van der Waals surface area contributed by atoms with Crippen LogP contribution in [0.4, 0.5) is 15.8 Å². The number of nitrogens with zero attached hydrogens (tertiary/aromatic N) is 2. The molecule has 0 bridgehead atoms. The van der Waals surface area contributed by atoms with Gasteiger partial charge in [0.05, 0.1) is 18.4 Å². The van der Waals surface area contributed by atoms with Gasteiger partial charge < -0.3 is 15.0 Å². The van der Waals surface area contributed by atoms with Crippen molar-refractivity contribution >= 4 is 29.1 Å². The summed E-state index contributed by atoms with van der Waals surface area (Å²) in [6.45, 7) is 1.52. The highest BCUT2D eigenvalue weighted by Crippen LogP contribution is 2.43. The Labute approximate surface area is 167 Å². The summed E-state index contributed by atoms with van der Waals surface area (Å²) in [5.41, 5.74) is 0.271. The highest BCUT2D eigenvalue weighted by molar-refractivity contribution is 6.11. The molecule has 0 saturated carbocycles. The molecule has 0 aromatic heterocycles. The Morgan fingerprint density at radius 1 is 1.24 bits per heavy atom. The zero-order valence-electron chi connectivity index (χ0n) is 16.1. The lowest BCUT2D eigenvalue weighted by Crippen LogP contribution is -2.63. The van der Waals surface area contributed by atoms with E-state index in [2.05, 4.69) is 5.32 Å². The lowest BCUT2D eigenvalue weighted by Gasteiger charge is -2.48. The smallest absolute Gasteiger partial charge is 0.258 e. The average Bonchev–Trinajstić information content (AvgIpc) is 3.01. The number of nitrogens with one attached hydrogen (secondary N) is 1. The molecule has 29 heavy (non-hydrogen) atoms. The molecule has 1 fully saturated rings. The molecule has 1 saturated heterocycles. The molecule has 1 atom stereocenters. The summed E-state index contributed by atoms with van der Waals surface area (Å²) in [4.78, 5) is 41.3. The van der Waals surface area contributed by atoms with Gasteiger partial charge in [0.1, 0.15) is 12.2 Å². The number of anilines is 2. The molecule has 2 aromatic rings. The molecule has 2 aliphatic rings. The fraction of sp³-hybridized carbons (Fsp3) is 0.286. The summed E-state index contributed by atoms with van der Waals surface area (Å²) in [5.74, 6) is -1.42. The van der Waals surface area contributed by atoms with E-state index in [1.54, 1.807) is 36.1 Å². The standard InChI is InChI=1S/C21H20FN3O4/c1-21-10-9-19(27)25(21)16-6-4-3-5-14(16)20(28)24(21)12-18(26)23-13-7-8-17(29-2)15(22)11-13/h3-8,11H,9-10,12H2,1-2H3,(H,23,26). The Balaban J connectivity index is 1.61. The maximum Gasteiger partial charge on any atom is 0.258 e. The van der Waals surface area contributed by atoms with Gasteiger partial charge in [0, 0.05) is 18.2 Å². The molecule has 8 heteroatoms. The Morgan fingerprint density at radius 3 is 2.72 bits per heavy atom. The number of carbonyl (C=O) groups excluding carboxylic acids is 3. The van der Waals surface area contributed by atoms with E-state index in [0.717, 1.165) is 6.07 Å². The molecule has 0 aliphatic carbocycles. The summed E-state index contributed by atoms with van der Waals surface area (Å²) in [6, 6.07) is 11.0. The second-order valence-electron chi connectivity index (χ2n) is 7.25. The van der Waals surface area contributed by atoms with E-state index in [4.69, 9.17) is 4.74 Å². The van der Waals surface area contributed by atoms with Crippen LogP contribution in [-0.4, -0.2) is 41.9 Å². The number of carbonyl (C=O) groups is 3. The zero-order chi connectivity index (χ0) is 20.8. The molecule has 7 nitrogen and oxygen atoms in total. The number of rotatable bonds is 4. The van der Waals surface area contributed by atoms with E-state index in [-0.39, 0.29) is 29.8 Å². The Hall–Kier alpha value is -3.42. The first-order valence-electron chi connectivity index (χ1n) is 9.22. The highest BCUT2D eigenvalue weighted by atomic mass is 19.1. The second kappa shape index (κ2) is 6.88. The van der Waals surface area contributed by atoms with Gasteiger partial charge in [-0.3, -0.25) is 19.3 Å². The monoisotopic (exact) mass is 397 g/mol. The van der Waals surface area contributed by atoms with Crippen LogP contribution >= 0.6 is 0 Å².